The van der Waals surface area contributed by atoms with Crippen LogP contribution in [0.1, 0.15) is 27.0 Å². The largest absolute Gasteiger partial charge is 0.496 e. The van der Waals surface area contributed by atoms with Crippen molar-refractivity contribution >= 4 is 35.1 Å². The lowest BCUT2D eigenvalue weighted by atomic mass is 10.1. The van der Waals surface area contributed by atoms with Crippen LogP contribution in [0.4, 0.5) is 0 Å². The molecule has 1 aliphatic rings. The summed E-state index contributed by atoms with van der Waals surface area (Å²) in [6.07, 6.45) is 1.69. The van der Waals surface area contributed by atoms with Crippen LogP contribution in [-0.4, -0.2) is 12.9 Å². The lowest BCUT2D eigenvalue weighted by Gasteiger charge is -2.12. The van der Waals surface area contributed by atoms with Gasteiger partial charge in [-0.2, -0.15) is 0 Å². The number of methoxy groups -OCH3 is 1. The van der Waals surface area contributed by atoms with E-state index in [1.54, 1.807) is 37.5 Å². The summed E-state index contributed by atoms with van der Waals surface area (Å²) in [5.41, 5.74) is 2.83. The molecule has 1 aliphatic heterocycles. The highest BCUT2D eigenvalue weighted by Gasteiger charge is 2.30. The zero-order valence-electron chi connectivity index (χ0n) is 16.4. The van der Waals surface area contributed by atoms with Crippen LogP contribution < -0.4 is 14.2 Å². The number of allylic oxidation sites excluding steroid dienone is 1. The molecule has 6 heteroatoms. The fourth-order valence-electron chi connectivity index (χ4n) is 3.25. The first-order chi connectivity index (χ1) is 14.5. The minimum absolute atomic E-state index is 0.175. The molecule has 0 aromatic heterocycles. The van der Waals surface area contributed by atoms with Crippen molar-refractivity contribution in [2.75, 3.05) is 7.11 Å². The van der Waals surface area contributed by atoms with Crippen LogP contribution in [0.25, 0.3) is 6.08 Å². The number of carbonyl (C=O) groups excluding carboxylic acids is 1. The molecule has 4 nitrogen and oxygen atoms in total. The molecule has 3 aromatic rings. The summed E-state index contributed by atoms with van der Waals surface area (Å²) in [6, 6.07) is 16.2. The summed E-state index contributed by atoms with van der Waals surface area (Å²) in [6.45, 7) is 2.13. The standard InChI is InChI=1S/C24H18Cl2O4/c1-14-20(29-13-16-7-8-17(25)12-19(16)26)10-9-18-23(27)22(30-24(14)18)11-15-5-3-4-6-21(15)28-2/h3-12H,13H2,1-2H3/b22-11-. The molecule has 0 radical (unpaired) electrons. The van der Waals surface area contributed by atoms with Gasteiger partial charge in [-0.15, -0.1) is 0 Å². The molecule has 0 bridgehead atoms. The van der Waals surface area contributed by atoms with Crippen molar-refractivity contribution in [1.29, 1.82) is 0 Å². The highest BCUT2D eigenvalue weighted by molar-refractivity contribution is 6.35. The van der Waals surface area contributed by atoms with E-state index in [1.165, 1.54) is 0 Å². The fourth-order valence-corrected chi connectivity index (χ4v) is 3.71. The van der Waals surface area contributed by atoms with Gasteiger partial charge >= 0.3 is 0 Å². The van der Waals surface area contributed by atoms with Gasteiger partial charge in [-0.05, 0) is 43.3 Å². The summed E-state index contributed by atoms with van der Waals surface area (Å²) >= 11 is 12.2. The van der Waals surface area contributed by atoms with E-state index in [4.69, 9.17) is 37.4 Å². The Labute approximate surface area is 184 Å². The molecule has 0 unspecified atom stereocenters. The van der Waals surface area contributed by atoms with Gasteiger partial charge in [-0.25, -0.2) is 0 Å². The number of para-hydroxylation sites is 1. The molecule has 0 atom stereocenters. The minimum atomic E-state index is -0.175. The van der Waals surface area contributed by atoms with E-state index in [1.807, 2.05) is 37.3 Å². The molecule has 0 saturated heterocycles. The highest BCUT2D eigenvalue weighted by atomic mass is 35.5. The second-order valence-electron chi connectivity index (χ2n) is 6.77. The van der Waals surface area contributed by atoms with Crippen LogP contribution in [0.3, 0.4) is 0 Å². The Hall–Kier alpha value is -2.95. The van der Waals surface area contributed by atoms with Crippen molar-refractivity contribution in [1.82, 2.24) is 0 Å². The number of ether oxygens (including phenoxy) is 3. The Morgan fingerprint density at radius 1 is 1.03 bits per heavy atom. The van der Waals surface area contributed by atoms with Crippen LogP contribution in [0.2, 0.25) is 10.0 Å². The predicted molar refractivity (Wildman–Crippen MR) is 118 cm³/mol. The first-order valence-corrected chi connectivity index (χ1v) is 10.0. The summed E-state index contributed by atoms with van der Waals surface area (Å²) in [5.74, 6) is 1.85. The lowest BCUT2D eigenvalue weighted by Crippen LogP contribution is -1.99. The van der Waals surface area contributed by atoms with Gasteiger partial charge in [0.05, 0.1) is 12.7 Å². The molecule has 30 heavy (non-hydrogen) atoms. The topological polar surface area (TPSA) is 44.8 Å². The maximum Gasteiger partial charge on any atom is 0.231 e. The van der Waals surface area contributed by atoms with Gasteiger partial charge in [0.15, 0.2) is 5.76 Å². The van der Waals surface area contributed by atoms with Crippen LogP contribution in [0.15, 0.2) is 60.4 Å². The van der Waals surface area contributed by atoms with E-state index in [0.717, 1.165) is 16.7 Å². The summed E-state index contributed by atoms with van der Waals surface area (Å²) < 4.78 is 17.2. The third kappa shape index (κ3) is 3.89. The van der Waals surface area contributed by atoms with Crippen LogP contribution in [0, 0.1) is 6.92 Å². The van der Waals surface area contributed by atoms with Crippen molar-refractivity contribution in [2.24, 2.45) is 0 Å². The molecule has 152 valence electrons. The first-order valence-electron chi connectivity index (χ1n) is 9.25. The number of rotatable bonds is 5. The Bertz CT molecular complexity index is 1170. The summed E-state index contributed by atoms with van der Waals surface area (Å²) in [5, 5.41) is 1.11. The third-order valence-electron chi connectivity index (χ3n) is 4.86. The van der Waals surface area contributed by atoms with Gasteiger partial charge in [-0.3, -0.25) is 4.79 Å². The Balaban J connectivity index is 1.59. The van der Waals surface area contributed by atoms with E-state index in [9.17, 15) is 4.79 Å². The zero-order valence-corrected chi connectivity index (χ0v) is 17.9. The Kier molecular flexibility index (Phi) is 5.71. The molecule has 1 heterocycles. The molecule has 0 amide bonds. The maximum absolute atomic E-state index is 12.8. The number of ketones is 1. The van der Waals surface area contributed by atoms with Crippen molar-refractivity contribution in [3.63, 3.8) is 0 Å². The molecule has 0 aliphatic carbocycles. The fraction of sp³-hybridized carbons (Fsp3) is 0.125. The quantitative estimate of drug-likeness (QED) is 0.424. The van der Waals surface area contributed by atoms with E-state index in [-0.39, 0.29) is 18.1 Å². The van der Waals surface area contributed by atoms with Crippen molar-refractivity contribution in [3.8, 4) is 17.2 Å². The van der Waals surface area contributed by atoms with E-state index in [0.29, 0.717) is 32.9 Å². The van der Waals surface area contributed by atoms with E-state index >= 15 is 0 Å². The zero-order chi connectivity index (χ0) is 21.3. The summed E-state index contributed by atoms with van der Waals surface area (Å²) in [7, 11) is 1.59. The smallest absolute Gasteiger partial charge is 0.231 e. The van der Waals surface area contributed by atoms with Gasteiger partial charge in [0, 0.05) is 26.7 Å². The molecule has 3 aromatic carbocycles. The average molecular weight is 441 g/mol. The molecule has 4 rings (SSSR count). The van der Waals surface area contributed by atoms with Gasteiger partial charge in [0.2, 0.25) is 5.78 Å². The van der Waals surface area contributed by atoms with Gasteiger partial charge in [0.25, 0.3) is 0 Å². The monoisotopic (exact) mass is 440 g/mol. The SMILES string of the molecule is COc1ccccc1/C=C1\Oc2c(ccc(OCc3ccc(Cl)cc3Cl)c2C)C1=O. The second kappa shape index (κ2) is 8.42. The number of hydrogen-bond acceptors (Lipinski definition) is 4. The normalized spacial score (nSPS) is 13.9. The lowest BCUT2D eigenvalue weighted by molar-refractivity contribution is 0.101. The van der Waals surface area contributed by atoms with Crippen molar-refractivity contribution in [3.05, 3.63) is 92.7 Å². The van der Waals surface area contributed by atoms with E-state index < -0.39 is 0 Å². The van der Waals surface area contributed by atoms with E-state index in [2.05, 4.69) is 0 Å². The van der Waals surface area contributed by atoms with Crippen molar-refractivity contribution < 1.29 is 19.0 Å². The number of benzene rings is 3. The first kappa shape index (κ1) is 20.3. The third-order valence-corrected chi connectivity index (χ3v) is 5.45. The van der Waals surface area contributed by atoms with Gasteiger partial charge in [0.1, 0.15) is 23.9 Å². The van der Waals surface area contributed by atoms with Crippen LogP contribution in [0.5, 0.6) is 17.2 Å². The molecular weight excluding hydrogens is 423 g/mol. The molecule has 0 fully saturated rings. The van der Waals surface area contributed by atoms with Crippen LogP contribution >= 0.6 is 23.2 Å². The number of halogens is 2. The Morgan fingerprint density at radius 2 is 1.83 bits per heavy atom. The number of carbonyl (C=O) groups is 1. The molecule has 0 N–H and O–H groups in total. The highest BCUT2D eigenvalue weighted by Crippen LogP contribution is 2.40. The average Bonchev–Trinajstić information content (AvgIpc) is 3.05. The summed E-state index contributed by atoms with van der Waals surface area (Å²) in [4.78, 5) is 12.8. The van der Waals surface area contributed by atoms with Crippen LogP contribution in [-0.2, 0) is 6.61 Å². The number of fused-ring (bicyclic) bond motifs is 1. The Morgan fingerprint density at radius 3 is 2.60 bits per heavy atom. The molecular formula is C24H18Cl2O4. The molecule has 0 spiro atoms. The maximum atomic E-state index is 12.8. The predicted octanol–water partition coefficient (Wildman–Crippen LogP) is 6.51. The molecule has 0 saturated carbocycles. The van der Waals surface area contributed by atoms with Gasteiger partial charge in [-0.1, -0.05) is 47.5 Å². The minimum Gasteiger partial charge on any atom is -0.496 e. The van der Waals surface area contributed by atoms with Gasteiger partial charge < -0.3 is 14.2 Å². The second-order valence-corrected chi connectivity index (χ2v) is 7.62. The van der Waals surface area contributed by atoms with Crippen molar-refractivity contribution in [2.45, 2.75) is 13.5 Å². The number of hydrogen-bond donors (Lipinski definition) is 0. The number of Topliss-reactive ketones (excluding diaryl/α,β-unsaturated/α-hetero) is 1.